The van der Waals surface area contributed by atoms with Crippen LogP contribution in [0.2, 0.25) is 0 Å². The minimum Gasteiger partial charge on any atom is -0.330 e. The molecule has 0 heterocycles. The molecule has 0 saturated carbocycles. The van der Waals surface area contributed by atoms with E-state index < -0.39 is 27.5 Å². The Balaban J connectivity index is 1.82. The largest absolute Gasteiger partial charge is 0.330 e. The Kier molecular flexibility index (Phi) is 8.97. The highest BCUT2D eigenvalue weighted by Gasteiger charge is 2.24. The monoisotopic (exact) mass is 540 g/mol. The molecule has 3 aromatic rings. The third-order valence-corrected chi connectivity index (χ3v) is 6.74. The first-order valence-electron chi connectivity index (χ1n) is 11.7. The van der Waals surface area contributed by atoms with Gasteiger partial charge in [-0.3, -0.25) is 25.7 Å². The molecule has 0 spiro atoms. The molecule has 0 fully saturated rings. The van der Waals surface area contributed by atoms with Gasteiger partial charge in [0.25, 0.3) is 0 Å². The first kappa shape index (κ1) is 28.5. The predicted octanol–water partition coefficient (Wildman–Crippen LogP) is 3.82. The molecule has 0 atom stereocenters. The topological polar surface area (TPSA) is 140 Å². The SMILES string of the molecule is CC(C)CN(Cc1cccc(C(=N)NO)c1)C(=O)C(=O)Nc1ccc(-c2ccccc2S(C)(=O)=O)cc1F. The molecule has 9 nitrogen and oxygen atoms in total. The highest BCUT2D eigenvalue weighted by Crippen LogP contribution is 2.30. The summed E-state index contributed by atoms with van der Waals surface area (Å²) in [5, 5.41) is 19.0. The van der Waals surface area contributed by atoms with Crippen molar-refractivity contribution in [3.8, 4) is 11.1 Å². The van der Waals surface area contributed by atoms with E-state index in [1.807, 2.05) is 13.8 Å². The number of amidine groups is 1. The second kappa shape index (κ2) is 12.0. The molecule has 0 bridgehead atoms. The van der Waals surface area contributed by atoms with Crippen molar-refractivity contribution < 1.29 is 27.6 Å². The summed E-state index contributed by atoms with van der Waals surface area (Å²) < 4.78 is 39.2. The van der Waals surface area contributed by atoms with Crippen LogP contribution in [-0.4, -0.2) is 49.0 Å². The summed E-state index contributed by atoms with van der Waals surface area (Å²) >= 11 is 0. The number of halogens is 1. The summed E-state index contributed by atoms with van der Waals surface area (Å²) in [6.45, 7) is 4.07. The summed E-state index contributed by atoms with van der Waals surface area (Å²) in [6.07, 6.45) is 1.06. The van der Waals surface area contributed by atoms with Gasteiger partial charge in [0.2, 0.25) is 0 Å². The maximum Gasteiger partial charge on any atom is 0.313 e. The van der Waals surface area contributed by atoms with Crippen LogP contribution < -0.4 is 10.8 Å². The van der Waals surface area contributed by atoms with E-state index in [9.17, 15) is 22.4 Å². The number of nitrogens with one attached hydrogen (secondary N) is 3. The first-order valence-corrected chi connectivity index (χ1v) is 13.6. The lowest BCUT2D eigenvalue weighted by molar-refractivity contribution is -0.143. The fourth-order valence-corrected chi connectivity index (χ4v) is 4.81. The van der Waals surface area contributed by atoms with Gasteiger partial charge < -0.3 is 10.2 Å². The van der Waals surface area contributed by atoms with Gasteiger partial charge >= 0.3 is 11.8 Å². The fourth-order valence-electron chi connectivity index (χ4n) is 3.90. The Labute approximate surface area is 220 Å². The molecule has 200 valence electrons. The van der Waals surface area contributed by atoms with E-state index >= 15 is 0 Å². The number of anilines is 1. The molecule has 11 heteroatoms. The standard InChI is InChI=1S/C27H29FN4O5S/c1-17(2)15-32(16-18-7-6-8-20(13-18)25(29)31-35)27(34)26(33)30-23-12-11-19(14-22(23)28)21-9-4-5-10-24(21)38(3,36)37/h4-14,17,35H,15-16H2,1-3H3,(H2,29,31)(H,30,33). The lowest BCUT2D eigenvalue weighted by Crippen LogP contribution is -2.41. The van der Waals surface area contributed by atoms with Crippen LogP contribution in [-0.2, 0) is 26.0 Å². The number of rotatable bonds is 8. The minimum absolute atomic E-state index is 0.0262. The van der Waals surface area contributed by atoms with Gasteiger partial charge in [0.1, 0.15) is 11.7 Å². The van der Waals surface area contributed by atoms with Crippen molar-refractivity contribution in [3.05, 3.63) is 83.7 Å². The number of carbonyl (C=O) groups excluding carboxylic acids is 2. The smallest absolute Gasteiger partial charge is 0.313 e. The van der Waals surface area contributed by atoms with Crippen molar-refractivity contribution >= 4 is 33.2 Å². The van der Waals surface area contributed by atoms with Crippen molar-refractivity contribution in [3.63, 3.8) is 0 Å². The number of hydrogen-bond donors (Lipinski definition) is 4. The molecule has 3 rings (SSSR count). The van der Waals surface area contributed by atoms with Crippen molar-refractivity contribution in [2.45, 2.75) is 25.3 Å². The van der Waals surface area contributed by atoms with Crippen LogP contribution in [0.4, 0.5) is 10.1 Å². The maximum absolute atomic E-state index is 15.0. The number of nitrogens with zero attached hydrogens (tertiary/aromatic N) is 1. The van der Waals surface area contributed by atoms with E-state index in [4.69, 9.17) is 10.6 Å². The fraction of sp³-hybridized carbons (Fsp3) is 0.222. The number of sulfone groups is 1. The van der Waals surface area contributed by atoms with Gasteiger partial charge in [-0.1, -0.05) is 56.3 Å². The highest BCUT2D eigenvalue weighted by atomic mass is 32.2. The van der Waals surface area contributed by atoms with E-state index in [0.29, 0.717) is 22.3 Å². The van der Waals surface area contributed by atoms with Crippen LogP contribution in [0.5, 0.6) is 0 Å². The van der Waals surface area contributed by atoms with Gasteiger partial charge in [-0.05, 0) is 41.3 Å². The van der Waals surface area contributed by atoms with Crippen molar-refractivity contribution in [2.24, 2.45) is 5.92 Å². The maximum atomic E-state index is 15.0. The molecule has 0 radical (unpaired) electrons. The van der Waals surface area contributed by atoms with Crippen LogP contribution in [0.3, 0.4) is 0 Å². The summed E-state index contributed by atoms with van der Waals surface area (Å²) in [4.78, 5) is 27.2. The zero-order valence-electron chi connectivity index (χ0n) is 21.2. The molecule has 0 aliphatic heterocycles. The second-order valence-corrected chi connectivity index (χ2v) is 11.2. The lowest BCUT2D eigenvalue weighted by Gasteiger charge is -2.24. The molecule has 4 N–H and O–H groups in total. The normalized spacial score (nSPS) is 11.2. The van der Waals surface area contributed by atoms with E-state index in [1.54, 1.807) is 47.9 Å². The predicted molar refractivity (Wildman–Crippen MR) is 142 cm³/mol. The molecule has 0 aliphatic rings. The highest BCUT2D eigenvalue weighted by molar-refractivity contribution is 7.90. The zero-order valence-corrected chi connectivity index (χ0v) is 22.0. The lowest BCUT2D eigenvalue weighted by atomic mass is 10.0. The first-order chi connectivity index (χ1) is 17.9. The number of benzene rings is 3. The number of amides is 2. The van der Waals surface area contributed by atoms with Crippen LogP contribution in [0, 0.1) is 17.1 Å². The van der Waals surface area contributed by atoms with Crippen molar-refractivity contribution in [1.82, 2.24) is 10.4 Å². The number of hydrogen-bond acceptors (Lipinski definition) is 6. The summed E-state index contributed by atoms with van der Waals surface area (Å²) in [5.41, 5.74) is 3.19. The Morgan fingerprint density at radius 2 is 1.76 bits per heavy atom. The number of carbonyl (C=O) groups is 2. The summed E-state index contributed by atoms with van der Waals surface area (Å²) in [7, 11) is -3.56. The van der Waals surface area contributed by atoms with Gasteiger partial charge in [0.15, 0.2) is 9.84 Å². The van der Waals surface area contributed by atoms with Gasteiger partial charge in [-0.15, -0.1) is 0 Å². The van der Waals surface area contributed by atoms with Gasteiger partial charge in [0.05, 0.1) is 10.6 Å². The number of hydroxylamine groups is 1. The molecular formula is C27H29FN4O5S. The quantitative estimate of drug-likeness (QED) is 0.148. The Bertz CT molecular complexity index is 1470. The van der Waals surface area contributed by atoms with Crippen LogP contribution in [0.25, 0.3) is 11.1 Å². The van der Waals surface area contributed by atoms with Crippen LogP contribution >= 0.6 is 0 Å². The Morgan fingerprint density at radius 1 is 1.05 bits per heavy atom. The van der Waals surface area contributed by atoms with Crippen molar-refractivity contribution in [1.29, 1.82) is 5.41 Å². The average molecular weight is 541 g/mol. The van der Waals surface area contributed by atoms with Crippen LogP contribution in [0.1, 0.15) is 25.0 Å². The van der Waals surface area contributed by atoms with Gasteiger partial charge in [-0.2, -0.15) is 0 Å². The second-order valence-electron chi connectivity index (χ2n) is 9.18. The molecule has 0 saturated heterocycles. The third-order valence-electron chi connectivity index (χ3n) is 5.58. The van der Waals surface area contributed by atoms with E-state index in [2.05, 4.69) is 5.32 Å². The van der Waals surface area contributed by atoms with Gasteiger partial charge in [0, 0.05) is 30.5 Å². The molecule has 2 amide bonds. The van der Waals surface area contributed by atoms with Crippen molar-refractivity contribution in [2.75, 3.05) is 18.1 Å². The van der Waals surface area contributed by atoms with E-state index in [1.165, 1.54) is 23.1 Å². The van der Waals surface area contributed by atoms with E-state index in [-0.39, 0.29) is 35.4 Å². The minimum atomic E-state index is -3.56. The molecule has 0 unspecified atom stereocenters. The zero-order chi connectivity index (χ0) is 28.0. The Hall–Kier alpha value is -4.09. The average Bonchev–Trinajstić information content (AvgIpc) is 2.87. The van der Waals surface area contributed by atoms with E-state index in [0.717, 1.165) is 12.3 Å². The molecular weight excluding hydrogens is 511 g/mol. The third kappa shape index (κ3) is 7.02. The van der Waals surface area contributed by atoms with Gasteiger partial charge in [-0.25, -0.2) is 12.8 Å². The summed E-state index contributed by atoms with van der Waals surface area (Å²) in [6, 6.07) is 16.6. The molecule has 38 heavy (non-hydrogen) atoms. The molecule has 3 aromatic carbocycles. The van der Waals surface area contributed by atoms with Crippen LogP contribution in [0.15, 0.2) is 71.6 Å². The molecule has 0 aliphatic carbocycles. The Morgan fingerprint density at radius 3 is 2.39 bits per heavy atom. The summed E-state index contributed by atoms with van der Waals surface area (Å²) in [5.74, 6) is -2.92. The molecule has 0 aromatic heterocycles.